The van der Waals surface area contributed by atoms with Crippen LogP contribution in [0, 0.1) is 0 Å². The molecule has 1 aliphatic rings. The molecule has 7 heteroatoms. The van der Waals surface area contributed by atoms with E-state index >= 15 is 0 Å². The first-order chi connectivity index (χ1) is 16.0. The van der Waals surface area contributed by atoms with E-state index in [4.69, 9.17) is 9.15 Å². The Labute approximate surface area is 200 Å². The molecule has 166 valence electrons. The Morgan fingerprint density at radius 1 is 1.12 bits per heavy atom. The molecule has 0 fully saturated rings. The van der Waals surface area contributed by atoms with E-state index in [9.17, 15) is 4.79 Å². The number of benzene rings is 2. The number of hydrogen-bond acceptors (Lipinski definition) is 6. The second-order valence-corrected chi connectivity index (χ2v) is 8.92. The van der Waals surface area contributed by atoms with Gasteiger partial charge in [0.05, 0.1) is 19.2 Å². The smallest absolute Gasteiger partial charge is 0.264 e. The van der Waals surface area contributed by atoms with Crippen molar-refractivity contribution in [1.82, 2.24) is 9.97 Å². The number of Topliss-reactive ketones (excluding diaryl/α,β-unsaturated/α-hetero) is 1. The predicted molar refractivity (Wildman–Crippen MR) is 130 cm³/mol. The van der Waals surface area contributed by atoms with E-state index in [0.29, 0.717) is 23.7 Å². The minimum absolute atomic E-state index is 0.0894. The summed E-state index contributed by atoms with van der Waals surface area (Å²) in [4.78, 5) is 24.5. The SMILES string of the molecule is COc1ccc2c(c1)C(C(=O)c1ncc(-c3ccccn3)o1)C(C)N2Cc1ccc(Br)cc1. The van der Waals surface area contributed by atoms with Gasteiger partial charge in [0.15, 0.2) is 5.76 Å². The molecule has 33 heavy (non-hydrogen) atoms. The van der Waals surface area contributed by atoms with Crippen molar-refractivity contribution in [2.24, 2.45) is 0 Å². The molecule has 0 N–H and O–H groups in total. The molecule has 1 aliphatic heterocycles. The summed E-state index contributed by atoms with van der Waals surface area (Å²) in [6.07, 6.45) is 3.24. The lowest BCUT2D eigenvalue weighted by atomic mass is 9.91. The van der Waals surface area contributed by atoms with E-state index in [1.165, 1.54) is 0 Å². The van der Waals surface area contributed by atoms with Gasteiger partial charge in [-0.3, -0.25) is 9.78 Å². The summed E-state index contributed by atoms with van der Waals surface area (Å²) in [5.41, 5.74) is 3.73. The number of aromatic nitrogens is 2. The molecule has 2 atom stereocenters. The van der Waals surface area contributed by atoms with Crippen molar-refractivity contribution >= 4 is 27.4 Å². The quantitative estimate of drug-likeness (QED) is 0.306. The van der Waals surface area contributed by atoms with E-state index < -0.39 is 5.92 Å². The molecule has 4 aromatic rings. The maximum atomic E-state index is 13.7. The van der Waals surface area contributed by atoms with Crippen LogP contribution in [0.3, 0.4) is 0 Å². The van der Waals surface area contributed by atoms with Crippen molar-refractivity contribution in [3.05, 3.63) is 94.5 Å². The fourth-order valence-corrected chi connectivity index (χ4v) is 4.62. The number of nitrogens with zero attached hydrogens (tertiary/aromatic N) is 3. The standard InChI is InChI=1S/C26H22BrN3O3/c1-16-24(25(31)26-29-14-23(33-26)21-5-3-4-12-28-21)20-13-19(32-2)10-11-22(20)30(16)15-17-6-8-18(27)9-7-17/h3-14,16,24H,15H2,1-2H3. The molecular formula is C26H22BrN3O3. The average Bonchev–Trinajstić information content (AvgIpc) is 3.44. The zero-order chi connectivity index (χ0) is 22.9. The van der Waals surface area contributed by atoms with Crippen LogP contribution in [0.4, 0.5) is 5.69 Å². The molecule has 0 saturated heterocycles. The van der Waals surface area contributed by atoms with Gasteiger partial charge in [-0.2, -0.15) is 0 Å². The number of hydrogen-bond donors (Lipinski definition) is 0. The molecule has 0 radical (unpaired) electrons. The molecule has 6 nitrogen and oxygen atoms in total. The summed E-state index contributed by atoms with van der Waals surface area (Å²) in [5.74, 6) is 0.693. The molecule has 0 saturated carbocycles. The van der Waals surface area contributed by atoms with Crippen LogP contribution in [0.1, 0.15) is 34.7 Å². The van der Waals surface area contributed by atoms with Crippen molar-refractivity contribution < 1.29 is 13.9 Å². The zero-order valence-electron chi connectivity index (χ0n) is 18.2. The third-order valence-electron chi connectivity index (χ3n) is 6.04. The van der Waals surface area contributed by atoms with Crippen molar-refractivity contribution in [1.29, 1.82) is 0 Å². The summed E-state index contributed by atoms with van der Waals surface area (Å²) in [6, 6.07) is 19.6. The van der Waals surface area contributed by atoms with Crippen molar-refractivity contribution in [2.75, 3.05) is 12.0 Å². The lowest BCUT2D eigenvalue weighted by Crippen LogP contribution is -2.34. The van der Waals surface area contributed by atoms with Crippen LogP contribution < -0.4 is 9.64 Å². The zero-order valence-corrected chi connectivity index (χ0v) is 19.8. The number of fused-ring (bicyclic) bond motifs is 1. The molecule has 2 aromatic carbocycles. The highest BCUT2D eigenvalue weighted by atomic mass is 79.9. The number of rotatable bonds is 6. The van der Waals surface area contributed by atoms with Crippen LogP contribution in [-0.4, -0.2) is 28.9 Å². The summed E-state index contributed by atoms with van der Waals surface area (Å²) in [7, 11) is 1.63. The lowest BCUT2D eigenvalue weighted by Gasteiger charge is -2.27. The largest absolute Gasteiger partial charge is 0.497 e. The van der Waals surface area contributed by atoms with E-state index in [2.05, 4.69) is 49.9 Å². The van der Waals surface area contributed by atoms with Crippen molar-refractivity contribution in [3.8, 4) is 17.2 Å². The second kappa shape index (κ2) is 8.83. The van der Waals surface area contributed by atoms with E-state index in [0.717, 1.165) is 21.3 Å². The van der Waals surface area contributed by atoms with Gasteiger partial charge in [-0.15, -0.1) is 0 Å². The number of ether oxygens (including phenoxy) is 1. The van der Waals surface area contributed by atoms with Gasteiger partial charge in [0.25, 0.3) is 5.89 Å². The number of oxazole rings is 1. The van der Waals surface area contributed by atoms with Gasteiger partial charge in [0.1, 0.15) is 11.4 Å². The second-order valence-electron chi connectivity index (χ2n) is 8.01. The number of carbonyl (C=O) groups excluding carboxylic acids is 1. The summed E-state index contributed by atoms with van der Waals surface area (Å²) >= 11 is 3.49. The highest BCUT2D eigenvalue weighted by molar-refractivity contribution is 9.10. The van der Waals surface area contributed by atoms with Gasteiger partial charge in [0.2, 0.25) is 5.78 Å². The van der Waals surface area contributed by atoms with Gasteiger partial charge in [-0.05, 0) is 60.5 Å². The number of methoxy groups -OCH3 is 1. The van der Waals surface area contributed by atoms with Gasteiger partial charge in [-0.1, -0.05) is 34.1 Å². The lowest BCUT2D eigenvalue weighted by molar-refractivity contribution is 0.0919. The fraction of sp³-hybridized carbons (Fsp3) is 0.192. The third kappa shape index (κ3) is 4.04. The monoisotopic (exact) mass is 503 g/mol. The molecule has 0 bridgehead atoms. The van der Waals surface area contributed by atoms with Crippen molar-refractivity contribution in [3.63, 3.8) is 0 Å². The molecule has 2 aromatic heterocycles. The number of anilines is 1. The van der Waals surface area contributed by atoms with Gasteiger partial charge in [0, 0.05) is 28.9 Å². The number of carbonyl (C=O) groups is 1. The van der Waals surface area contributed by atoms with Crippen molar-refractivity contribution in [2.45, 2.75) is 25.4 Å². The normalized spacial score (nSPS) is 17.1. The predicted octanol–water partition coefficient (Wildman–Crippen LogP) is 5.88. The maximum absolute atomic E-state index is 13.7. The van der Waals surface area contributed by atoms with Gasteiger partial charge >= 0.3 is 0 Å². The fourth-order valence-electron chi connectivity index (χ4n) is 4.35. The van der Waals surface area contributed by atoms with Gasteiger partial charge in [-0.25, -0.2) is 4.98 Å². The summed E-state index contributed by atoms with van der Waals surface area (Å²) in [5, 5.41) is 0. The van der Waals surface area contributed by atoms with Crippen LogP contribution in [0.2, 0.25) is 0 Å². The topological polar surface area (TPSA) is 68.5 Å². The van der Waals surface area contributed by atoms with Crippen LogP contribution in [0.25, 0.3) is 11.5 Å². The van der Waals surface area contributed by atoms with Crippen LogP contribution in [-0.2, 0) is 6.54 Å². The minimum Gasteiger partial charge on any atom is -0.497 e. The maximum Gasteiger partial charge on any atom is 0.264 e. The Kier molecular flexibility index (Phi) is 5.72. The van der Waals surface area contributed by atoms with E-state index in [1.54, 1.807) is 19.5 Å². The molecule has 0 spiro atoms. The number of halogens is 1. The molecule has 0 amide bonds. The van der Waals surface area contributed by atoms with Crippen LogP contribution in [0.15, 0.2) is 81.9 Å². The van der Waals surface area contributed by atoms with E-state index in [-0.39, 0.29) is 17.7 Å². The minimum atomic E-state index is -0.430. The first-order valence-electron chi connectivity index (χ1n) is 10.7. The first kappa shape index (κ1) is 21.4. The molecule has 5 rings (SSSR count). The highest BCUT2D eigenvalue weighted by Crippen LogP contribution is 2.45. The Hall–Kier alpha value is -3.45. The molecule has 0 aliphatic carbocycles. The average molecular weight is 504 g/mol. The number of ketones is 1. The Balaban J connectivity index is 1.50. The summed E-state index contributed by atoms with van der Waals surface area (Å²) in [6.45, 7) is 2.75. The molecule has 3 heterocycles. The highest BCUT2D eigenvalue weighted by Gasteiger charge is 2.42. The first-order valence-corrected chi connectivity index (χ1v) is 11.4. The number of pyridine rings is 1. The Morgan fingerprint density at radius 2 is 1.94 bits per heavy atom. The third-order valence-corrected chi connectivity index (χ3v) is 6.56. The van der Waals surface area contributed by atoms with Crippen LogP contribution >= 0.6 is 15.9 Å². The Bertz CT molecular complexity index is 1290. The molecule has 2 unspecified atom stereocenters. The van der Waals surface area contributed by atoms with Crippen LogP contribution in [0.5, 0.6) is 5.75 Å². The summed E-state index contributed by atoms with van der Waals surface area (Å²) < 4.78 is 12.3. The Morgan fingerprint density at radius 3 is 2.67 bits per heavy atom. The van der Waals surface area contributed by atoms with Gasteiger partial charge < -0.3 is 14.1 Å². The van der Waals surface area contributed by atoms with E-state index in [1.807, 2.05) is 48.5 Å². The molecular weight excluding hydrogens is 482 g/mol.